The molecule has 26 heavy (non-hydrogen) atoms. The second-order valence-electron chi connectivity index (χ2n) is 7.55. The van der Waals surface area contributed by atoms with E-state index in [-0.39, 0.29) is 30.8 Å². The van der Waals surface area contributed by atoms with Gasteiger partial charge < -0.3 is 5.32 Å². The molecular formula is C20H32N2O3S. The third kappa shape index (κ3) is 6.01. The van der Waals surface area contributed by atoms with Crippen molar-refractivity contribution in [2.45, 2.75) is 70.8 Å². The molecule has 1 fully saturated rings. The van der Waals surface area contributed by atoms with E-state index in [0.29, 0.717) is 5.69 Å². The Morgan fingerprint density at radius 3 is 2.35 bits per heavy atom. The normalized spacial score (nSPS) is 16.3. The largest absolute Gasteiger partial charge is 0.353 e. The predicted molar refractivity (Wildman–Crippen MR) is 107 cm³/mol. The third-order valence-electron chi connectivity index (χ3n) is 4.99. The summed E-state index contributed by atoms with van der Waals surface area (Å²) in [5.74, 6) is 0.142. The van der Waals surface area contributed by atoms with Crippen molar-refractivity contribution in [3.05, 3.63) is 29.8 Å². The Morgan fingerprint density at radius 1 is 1.15 bits per heavy atom. The van der Waals surface area contributed by atoms with Gasteiger partial charge in [0.2, 0.25) is 15.9 Å². The molecule has 1 N–H and O–H groups in total. The topological polar surface area (TPSA) is 66.5 Å². The first-order chi connectivity index (χ1) is 12.3. The Hall–Kier alpha value is -1.56. The van der Waals surface area contributed by atoms with Crippen LogP contribution in [-0.2, 0) is 14.8 Å². The number of rotatable bonds is 7. The molecule has 0 bridgehead atoms. The van der Waals surface area contributed by atoms with E-state index in [9.17, 15) is 13.2 Å². The number of hydrogen-bond donors (Lipinski definition) is 1. The van der Waals surface area contributed by atoms with Crippen LogP contribution in [0.5, 0.6) is 0 Å². The highest BCUT2D eigenvalue weighted by molar-refractivity contribution is 7.92. The van der Waals surface area contributed by atoms with E-state index >= 15 is 0 Å². The van der Waals surface area contributed by atoms with Crippen LogP contribution in [0, 0.1) is 0 Å². The van der Waals surface area contributed by atoms with Crippen molar-refractivity contribution in [3.8, 4) is 0 Å². The first kappa shape index (κ1) is 20.7. The molecule has 1 aliphatic rings. The minimum atomic E-state index is -3.46. The van der Waals surface area contributed by atoms with Crippen molar-refractivity contribution in [2.75, 3.05) is 17.1 Å². The standard InChI is InChI=1S/C20H32N2O3S/c1-16(2)18-12-8-9-13-19(18)22(26(3,24)25)15-14-20(23)21-17-10-6-4-5-7-11-17/h8-9,12-13,16-17H,4-7,10-11,14-15H2,1-3H3,(H,21,23). The van der Waals surface area contributed by atoms with Gasteiger partial charge in [0.1, 0.15) is 0 Å². The summed E-state index contributed by atoms with van der Waals surface area (Å²) in [5.41, 5.74) is 1.65. The van der Waals surface area contributed by atoms with Gasteiger partial charge in [0.25, 0.3) is 0 Å². The van der Waals surface area contributed by atoms with Gasteiger partial charge in [-0.25, -0.2) is 8.42 Å². The molecule has 0 aliphatic heterocycles. The maximum atomic E-state index is 12.4. The van der Waals surface area contributed by atoms with Crippen LogP contribution in [0.15, 0.2) is 24.3 Å². The molecule has 1 aromatic carbocycles. The van der Waals surface area contributed by atoms with Crippen LogP contribution < -0.4 is 9.62 Å². The Bertz CT molecular complexity index is 693. The van der Waals surface area contributed by atoms with E-state index in [0.717, 1.165) is 31.2 Å². The Kier molecular flexibility index (Phi) is 7.50. The van der Waals surface area contributed by atoms with Crippen molar-refractivity contribution < 1.29 is 13.2 Å². The van der Waals surface area contributed by atoms with Crippen LogP contribution in [0.2, 0.25) is 0 Å². The molecule has 1 aliphatic carbocycles. The summed E-state index contributed by atoms with van der Waals surface area (Å²) in [4.78, 5) is 12.4. The van der Waals surface area contributed by atoms with Crippen LogP contribution >= 0.6 is 0 Å². The van der Waals surface area contributed by atoms with Crippen molar-refractivity contribution in [3.63, 3.8) is 0 Å². The highest BCUT2D eigenvalue weighted by Crippen LogP contribution is 2.29. The number of amides is 1. The second-order valence-corrected chi connectivity index (χ2v) is 9.46. The fourth-order valence-corrected chi connectivity index (χ4v) is 4.54. The summed E-state index contributed by atoms with van der Waals surface area (Å²) in [6.07, 6.45) is 8.21. The van der Waals surface area contributed by atoms with Crippen molar-refractivity contribution in [1.29, 1.82) is 0 Å². The van der Waals surface area contributed by atoms with E-state index in [1.807, 2.05) is 38.1 Å². The van der Waals surface area contributed by atoms with Crippen LogP contribution in [0.1, 0.15) is 70.3 Å². The Labute approximate surface area is 158 Å². The summed E-state index contributed by atoms with van der Waals surface area (Å²) in [5, 5.41) is 3.09. The molecule has 1 aromatic rings. The first-order valence-electron chi connectivity index (χ1n) is 9.65. The van der Waals surface area contributed by atoms with Gasteiger partial charge in [-0.1, -0.05) is 57.7 Å². The minimum absolute atomic E-state index is 0.0624. The number of benzene rings is 1. The quantitative estimate of drug-likeness (QED) is 0.732. The monoisotopic (exact) mass is 380 g/mol. The number of sulfonamides is 1. The Morgan fingerprint density at radius 2 is 1.77 bits per heavy atom. The highest BCUT2D eigenvalue weighted by atomic mass is 32.2. The fraction of sp³-hybridized carbons (Fsp3) is 0.650. The number of nitrogens with one attached hydrogen (secondary N) is 1. The summed E-state index contributed by atoms with van der Waals surface area (Å²) in [6, 6.07) is 7.76. The third-order valence-corrected chi connectivity index (χ3v) is 6.17. The molecule has 146 valence electrons. The lowest BCUT2D eigenvalue weighted by atomic mass is 10.0. The van der Waals surface area contributed by atoms with Gasteiger partial charge in [0, 0.05) is 19.0 Å². The van der Waals surface area contributed by atoms with Gasteiger partial charge in [-0.2, -0.15) is 0 Å². The average Bonchev–Trinajstić information content (AvgIpc) is 2.82. The van der Waals surface area contributed by atoms with Gasteiger partial charge in [-0.3, -0.25) is 9.10 Å². The molecule has 0 unspecified atom stereocenters. The molecule has 0 spiro atoms. The van der Waals surface area contributed by atoms with Gasteiger partial charge in [-0.05, 0) is 30.4 Å². The molecule has 0 atom stereocenters. The molecule has 0 aromatic heterocycles. The summed E-state index contributed by atoms with van der Waals surface area (Å²) in [7, 11) is -3.46. The lowest BCUT2D eigenvalue weighted by Crippen LogP contribution is -2.38. The number of para-hydroxylation sites is 1. The number of anilines is 1. The molecule has 0 saturated heterocycles. The molecule has 6 heteroatoms. The number of carbonyl (C=O) groups excluding carboxylic acids is 1. The van der Waals surface area contributed by atoms with Crippen LogP contribution in [0.3, 0.4) is 0 Å². The number of carbonyl (C=O) groups is 1. The maximum Gasteiger partial charge on any atom is 0.232 e. The molecule has 0 radical (unpaired) electrons. The van der Waals surface area contributed by atoms with Crippen LogP contribution in [0.4, 0.5) is 5.69 Å². The molecule has 1 saturated carbocycles. The van der Waals surface area contributed by atoms with Gasteiger partial charge in [0.15, 0.2) is 0 Å². The van der Waals surface area contributed by atoms with E-state index in [2.05, 4.69) is 5.32 Å². The SMILES string of the molecule is CC(C)c1ccccc1N(CCC(=O)NC1CCCCCC1)S(C)(=O)=O. The smallest absolute Gasteiger partial charge is 0.232 e. The molecule has 5 nitrogen and oxygen atoms in total. The molecule has 2 rings (SSSR count). The fourth-order valence-electron chi connectivity index (χ4n) is 3.59. The lowest BCUT2D eigenvalue weighted by Gasteiger charge is -2.26. The van der Waals surface area contributed by atoms with Crippen molar-refractivity contribution >= 4 is 21.6 Å². The average molecular weight is 381 g/mol. The first-order valence-corrected chi connectivity index (χ1v) is 11.5. The van der Waals surface area contributed by atoms with Crippen molar-refractivity contribution in [2.24, 2.45) is 0 Å². The molecular weight excluding hydrogens is 348 g/mol. The number of nitrogens with zero attached hydrogens (tertiary/aromatic N) is 1. The van der Waals surface area contributed by atoms with Crippen LogP contribution in [-0.4, -0.2) is 33.2 Å². The van der Waals surface area contributed by atoms with Gasteiger partial charge >= 0.3 is 0 Å². The summed E-state index contributed by atoms with van der Waals surface area (Å²) < 4.78 is 26.1. The van der Waals surface area contributed by atoms with E-state index < -0.39 is 10.0 Å². The maximum absolute atomic E-state index is 12.4. The lowest BCUT2D eigenvalue weighted by molar-refractivity contribution is -0.121. The summed E-state index contributed by atoms with van der Waals surface area (Å²) in [6.45, 7) is 4.25. The zero-order valence-electron chi connectivity index (χ0n) is 16.2. The highest BCUT2D eigenvalue weighted by Gasteiger charge is 2.23. The van der Waals surface area contributed by atoms with E-state index in [1.165, 1.54) is 23.4 Å². The Balaban J connectivity index is 2.06. The minimum Gasteiger partial charge on any atom is -0.353 e. The van der Waals surface area contributed by atoms with Crippen LogP contribution in [0.25, 0.3) is 0 Å². The van der Waals surface area contributed by atoms with Gasteiger partial charge in [0.05, 0.1) is 11.9 Å². The summed E-state index contributed by atoms with van der Waals surface area (Å²) >= 11 is 0. The number of hydrogen-bond acceptors (Lipinski definition) is 3. The zero-order chi connectivity index (χ0) is 19.2. The second kappa shape index (κ2) is 9.40. The van der Waals surface area contributed by atoms with E-state index in [1.54, 1.807) is 0 Å². The van der Waals surface area contributed by atoms with Gasteiger partial charge in [-0.15, -0.1) is 0 Å². The van der Waals surface area contributed by atoms with Crippen molar-refractivity contribution in [1.82, 2.24) is 5.32 Å². The molecule has 1 amide bonds. The molecule has 0 heterocycles. The predicted octanol–water partition coefficient (Wildman–Crippen LogP) is 3.81. The zero-order valence-corrected chi connectivity index (χ0v) is 17.0. The van der Waals surface area contributed by atoms with E-state index in [4.69, 9.17) is 0 Å².